The van der Waals surface area contributed by atoms with Crippen LogP contribution in [0.4, 0.5) is 0 Å². The molecule has 1 amide bonds. The molecule has 0 saturated carbocycles. The predicted octanol–water partition coefficient (Wildman–Crippen LogP) is 2.52. The molecule has 0 aliphatic heterocycles. The summed E-state index contributed by atoms with van der Waals surface area (Å²) in [5.41, 5.74) is 8.85. The van der Waals surface area contributed by atoms with E-state index >= 15 is 0 Å². The normalized spacial score (nSPS) is 11.1. The minimum atomic E-state index is -0.230. The first kappa shape index (κ1) is 18.5. The molecule has 7 heteroatoms. The van der Waals surface area contributed by atoms with Gasteiger partial charge in [0.1, 0.15) is 5.84 Å². The fraction of sp³-hybridized carbons (Fsp3) is 0.136. The first-order valence-corrected chi connectivity index (χ1v) is 9.15. The number of hydrogen-bond acceptors (Lipinski definition) is 3. The molecule has 0 aliphatic rings. The Kier molecular flexibility index (Phi) is 4.43. The zero-order valence-electron chi connectivity index (χ0n) is 16.2. The van der Waals surface area contributed by atoms with E-state index in [9.17, 15) is 9.59 Å². The summed E-state index contributed by atoms with van der Waals surface area (Å²) in [5.74, 6) is -0.0993. The molecule has 1 heterocycles. The van der Waals surface area contributed by atoms with Crippen molar-refractivity contribution in [3.63, 3.8) is 0 Å². The standard InChI is InChI=1S/C22H21N5O2/c1-26(2)21(28)16-7-8-18-19(11-16)27(22(29)25-18)12-13-3-4-14-5-6-15(20(23)24)10-17(14)9-13/h3-11H,12H2,1-2H3,(H3,23,24)(H,25,29). The van der Waals surface area contributed by atoms with Gasteiger partial charge in [0.25, 0.3) is 5.91 Å². The number of benzene rings is 3. The van der Waals surface area contributed by atoms with Crippen molar-refractivity contribution >= 4 is 33.5 Å². The lowest BCUT2D eigenvalue weighted by atomic mass is 10.0. The lowest BCUT2D eigenvalue weighted by Crippen LogP contribution is -2.21. The molecule has 1 aromatic heterocycles. The van der Waals surface area contributed by atoms with Gasteiger partial charge < -0.3 is 15.6 Å². The van der Waals surface area contributed by atoms with Gasteiger partial charge in [0, 0.05) is 25.2 Å². The third kappa shape index (κ3) is 3.38. The van der Waals surface area contributed by atoms with E-state index in [2.05, 4.69) is 4.98 Å². The van der Waals surface area contributed by atoms with Gasteiger partial charge in [0.15, 0.2) is 0 Å². The Morgan fingerprint density at radius 1 is 1.03 bits per heavy atom. The molecule has 29 heavy (non-hydrogen) atoms. The molecule has 0 bridgehead atoms. The van der Waals surface area contributed by atoms with Crippen LogP contribution < -0.4 is 11.4 Å². The smallest absolute Gasteiger partial charge is 0.326 e. The molecule has 0 unspecified atom stereocenters. The fourth-order valence-corrected chi connectivity index (χ4v) is 3.45. The summed E-state index contributed by atoms with van der Waals surface area (Å²) in [7, 11) is 3.39. The SMILES string of the molecule is CN(C)C(=O)c1ccc2[nH]c(=O)n(Cc3ccc4ccc(C(=N)N)cc4c3)c2c1. The summed E-state index contributed by atoms with van der Waals surface area (Å²) in [4.78, 5) is 29.2. The van der Waals surface area contributed by atoms with Crippen molar-refractivity contribution in [2.75, 3.05) is 14.1 Å². The van der Waals surface area contributed by atoms with Gasteiger partial charge >= 0.3 is 5.69 Å². The van der Waals surface area contributed by atoms with Crippen molar-refractivity contribution in [2.45, 2.75) is 6.54 Å². The summed E-state index contributed by atoms with van der Waals surface area (Å²) >= 11 is 0. The second-order valence-corrected chi connectivity index (χ2v) is 7.26. The molecular weight excluding hydrogens is 366 g/mol. The van der Waals surface area contributed by atoms with Crippen molar-refractivity contribution in [1.29, 1.82) is 5.41 Å². The largest absolute Gasteiger partial charge is 0.384 e. The average Bonchev–Trinajstić information content (AvgIpc) is 3.01. The summed E-state index contributed by atoms with van der Waals surface area (Å²) in [6.07, 6.45) is 0. The minimum absolute atomic E-state index is 0.0169. The monoisotopic (exact) mass is 387 g/mol. The summed E-state index contributed by atoms with van der Waals surface area (Å²) < 4.78 is 1.62. The molecule has 3 aromatic carbocycles. The third-order valence-electron chi connectivity index (χ3n) is 4.98. The van der Waals surface area contributed by atoms with Crippen LogP contribution in [0.25, 0.3) is 21.8 Å². The quantitative estimate of drug-likeness (QED) is 0.370. The first-order chi connectivity index (χ1) is 13.8. The lowest BCUT2D eigenvalue weighted by Gasteiger charge is -2.11. The van der Waals surface area contributed by atoms with E-state index in [4.69, 9.17) is 11.1 Å². The number of carbonyl (C=O) groups is 1. The van der Waals surface area contributed by atoms with E-state index in [1.807, 2.05) is 36.4 Å². The van der Waals surface area contributed by atoms with Crippen molar-refractivity contribution in [2.24, 2.45) is 5.73 Å². The Labute approximate surface area is 166 Å². The maximum absolute atomic E-state index is 12.5. The maximum atomic E-state index is 12.5. The molecule has 7 nitrogen and oxygen atoms in total. The van der Waals surface area contributed by atoms with Gasteiger partial charge in [0.2, 0.25) is 0 Å². The highest BCUT2D eigenvalue weighted by atomic mass is 16.2. The number of nitrogens with two attached hydrogens (primary N) is 1. The molecule has 4 N–H and O–H groups in total. The zero-order chi connectivity index (χ0) is 20.7. The molecular formula is C22H21N5O2. The average molecular weight is 387 g/mol. The van der Waals surface area contributed by atoms with Gasteiger partial charge in [-0.25, -0.2) is 4.79 Å². The number of nitrogen functional groups attached to an aromatic ring is 1. The van der Waals surface area contributed by atoms with Gasteiger partial charge in [-0.3, -0.25) is 14.8 Å². The second-order valence-electron chi connectivity index (χ2n) is 7.26. The van der Waals surface area contributed by atoms with Crippen LogP contribution in [-0.2, 0) is 6.54 Å². The molecule has 0 atom stereocenters. The number of amides is 1. The van der Waals surface area contributed by atoms with E-state index in [1.165, 1.54) is 4.90 Å². The number of aromatic amines is 1. The summed E-state index contributed by atoms with van der Waals surface area (Å²) in [6.45, 7) is 0.360. The Hall–Kier alpha value is -3.87. The van der Waals surface area contributed by atoms with Gasteiger partial charge in [-0.15, -0.1) is 0 Å². The molecule has 0 aliphatic carbocycles. The number of amidine groups is 1. The van der Waals surface area contributed by atoms with E-state index < -0.39 is 0 Å². The van der Waals surface area contributed by atoms with Crippen LogP contribution in [0.1, 0.15) is 21.5 Å². The Balaban J connectivity index is 1.78. The molecule has 4 aromatic rings. The van der Waals surface area contributed by atoms with E-state index in [1.54, 1.807) is 36.9 Å². The van der Waals surface area contributed by atoms with Crippen LogP contribution in [0.15, 0.2) is 59.4 Å². The number of nitrogens with zero attached hydrogens (tertiary/aromatic N) is 2. The van der Waals surface area contributed by atoms with Crippen LogP contribution in [-0.4, -0.2) is 40.3 Å². The summed E-state index contributed by atoms with van der Waals surface area (Å²) in [6, 6.07) is 16.8. The van der Waals surface area contributed by atoms with Crippen LogP contribution in [0.2, 0.25) is 0 Å². The van der Waals surface area contributed by atoms with Crippen molar-refractivity contribution in [3.8, 4) is 0 Å². The van der Waals surface area contributed by atoms with Gasteiger partial charge in [-0.2, -0.15) is 0 Å². The van der Waals surface area contributed by atoms with Gasteiger partial charge in [-0.1, -0.05) is 24.3 Å². The fourth-order valence-electron chi connectivity index (χ4n) is 3.45. The molecule has 0 spiro atoms. The highest BCUT2D eigenvalue weighted by molar-refractivity contribution is 5.99. The molecule has 0 saturated heterocycles. The highest BCUT2D eigenvalue weighted by Crippen LogP contribution is 2.20. The summed E-state index contributed by atoms with van der Waals surface area (Å²) in [5, 5.41) is 9.61. The number of H-pyrrole nitrogens is 1. The zero-order valence-corrected chi connectivity index (χ0v) is 16.2. The number of aromatic nitrogens is 2. The number of hydrogen-bond donors (Lipinski definition) is 3. The van der Waals surface area contributed by atoms with E-state index in [0.29, 0.717) is 28.7 Å². The molecule has 146 valence electrons. The molecule has 0 fully saturated rings. The number of rotatable bonds is 4. The number of fused-ring (bicyclic) bond motifs is 2. The molecule has 0 radical (unpaired) electrons. The Bertz CT molecular complexity index is 1330. The van der Waals surface area contributed by atoms with Gasteiger partial charge in [-0.05, 0) is 46.7 Å². The number of nitrogens with one attached hydrogen (secondary N) is 2. The van der Waals surface area contributed by atoms with Crippen molar-refractivity contribution < 1.29 is 4.79 Å². The predicted molar refractivity (Wildman–Crippen MR) is 115 cm³/mol. The van der Waals surface area contributed by atoms with Crippen LogP contribution >= 0.6 is 0 Å². The van der Waals surface area contributed by atoms with Crippen LogP contribution in [0.5, 0.6) is 0 Å². The number of imidazole rings is 1. The van der Waals surface area contributed by atoms with Crippen LogP contribution in [0, 0.1) is 5.41 Å². The van der Waals surface area contributed by atoms with Crippen molar-refractivity contribution in [1.82, 2.24) is 14.5 Å². The van der Waals surface area contributed by atoms with Crippen molar-refractivity contribution in [3.05, 3.63) is 81.8 Å². The maximum Gasteiger partial charge on any atom is 0.326 e. The van der Waals surface area contributed by atoms with Gasteiger partial charge in [0.05, 0.1) is 17.6 Å². The molecule has 4 rings (SSSR count). The first-order valence-electron chi connectivity index (χ1n) is 9.15. The highest BCUT2D eigenvalue weighted by Gasteiger charge is 2.13. The Morgan fingerprint density at radius 2 is 1.76 bits per heavy atom. The minimum Gasteiger partial charge on any atom is -0.384 e. The lowest BCUT2D eigenvalue weighted by molar-refractivity contribution is 0.0827. The third-order valence-corrected chi connectivity index (χ3v) is 4.98. The topological polar surface area (TPSA) is 108 Å². The Morgan fingerprint density at radius 3 is 2.48 bits per heavy atom. The van der Waals surface area contributed by atoms with E-state index in [0.717, 1.165) is 16.3 Å². The second kappa shape index (κ2) is 6.94. The number of carbonyl (C=O) groups excluding carboxylic acids is 1. The van der Waals surface area contributed by atoms with Crippen LogP contribution in [0.3, 0.4) is 0 Å². The van der Waals surface area contributed by atoms with E-state index in [-0.39, 0.29) is 17.4 Å².